The highest BCUT2D eigenvalue weighted by atomic mass is 32.2. The van der Waals surface area contributed by atoms with Gasteiger partial charge in [0.15, 0.2) is 0 Å². The Morgan fingerprint density at radius 1 is 1.33 bits per heavy atom. The van der Waals surface area contributed by atoms with Crippen LogP contribution in [0.2, 0.25) is 0 Å². The summed E-state index contributed by atoms with van der Waals surface area (Å²) in [5, 5.41) is 1.20. The largest absolute Gasteiger partial charge is 0.469 e. The standard InChI is InChI=1S/C15H19NO4S/c1-20-15(17)14-8-5-10-16(12-14)21(18,19)11-9-13-6-3-2-4-7-13/h2-4,6-7,9,11,14H,5,8,10,12H2,1H3/b11-9+/t14-/m0/s1. The van der Waals surface area contributed by atoms with Gasteiger partial charge in [0.05, 0.1) is 13.0 Å². The molecular formula is C15H19NO4S. The molecule has 114 valence electrons. The molecule has 2 rings (SSSR count). The summed E-state index contributed by atoms with van der Waals surface area (Å²) < 4.78 is 30.7. The van der Waals surface area contributed by atoms with Crippen LogP contribution in [0.4, 0.5) is 0 Å². The Morgan fingerprint density at radius 3 is 2.71 bits per heavy atom. The number of ether oxygens (including phenoxy) is 1. The van der Waals surface area contributed by atoms with Crippen molar-refractivity contribution < 1.29 is 17.9 Å². The van der Waals surface area contributed by atoms with Crippen LogP contribution in [0.25, 0.3) is 6.08 Å². The first kappa shape index (κ1) is 15.7. The molecule has 1 fully saturated rings. The number of carbonyl (C=O) groups is 1. The summed E-state index contributed by atoms with van der Waals surface area (Å²) in [5.74, 6) is -0.717. The zero-order chi connectivity index (χ0) is 15.3. The first-order valence-electron chi connectivity index (χ1n) is 6.84. The van der Waals surface area contributed by atoms with Gasteiger partial charge in [0.25, 0.3) is 0 Å². The Morgan fingerprint density at radius 2 is 2.05 bits per heavy atom. The second kappa shape index (κ2) is 6.87. The van der Waals surface area contributed by atoms with Gasteiger partial charge in [-0.05, 0) is 24.5 Å². The Bertz CT molecular complexity index is 610. The minimum Gasteiger partial charge on any atom is -0.469 e. The van der Waals surface area contributed by atoms with Crippen molar-refractivity contribution in [2.45, 2.75) is 12.8 Å². The number of nitrogens with zero attached hydrogens (tertiary/aromatic N) is 1. The lowest BCUT2D eigenvalue weighted by Crippen LogP contribution is -2.41. The molecule has 0 bridgehead atoms. The highest BCUT2D eigenvalue weighted by Crippen LogP contribution is 2.21. The van der Waals surface area contributed by atoms with E-state index in [0.717, 1.165) is 5.56 Å². The Hall–Kier alpha value is -1.66. The van der Waals surface area contributed by atoms with E-state index in [1.807, 2.05) is 30.3 Å². The first-order chi connectivity index (χ1) is 10.0. The number of esters is 1. The number of piperidine rings is 1. The van der Waals surface area contributed by atoms with Gasteiger partial charge in [-0.3, -0.25) is 4.79 Å². The molecule has 6 heteroatoms. The number of methoxy groups -OCH3 is 1. The zero-order valence-electron chi connectivity index (χ0n) is 11.9. The molecule has 1 aromatic rings. The molecule has 0 amide bonds. The molecule has 5 nitrogen and oxygen atoms in total. The third-order valence-electron chi connectivity index (χ3n) is 3.51. The second-order valence-electron chi connectivity index (χ2n) is 4.98. The lowest BCUT2D eigenvalue weighted by atomic mass is 10.0. The number of rotatable bonds is 4. The van der Waals surface area contributed by atoms with Gasteiger partial charge in [-0.25, -0.2) is 8.42 Å². The fraction of sp³-hybridized carbons (Fsp3) is 0.400. The third kappa shape index (κ3) is 4.15. The Labute approximate surface area is 125 Å². The molecule has 0 aromatic heterocycles. The van der Waals surface area contributed by atoms with Crippen LogP contribution >= 0.6 is 0 Å². The molecule has 1 heterocycles. The van der Waals surface area contributed by atoms with Crippen molar-refractivity contribution in [1.82, 2.24) is 4.31 Å². The van der Waals surface area contributed by atoms with Crippen molar-refractivity contribution >= 4 is 22.1 Å². The molecule has 0 unspecified atom stereocenters. The van der Waals surface area contributed by atoms with Crippen LogP contribution in [0.3, 0.4) is 0 Å². The summed E-state index contributed by atoms with van der Waals surface area (Å²) in [7, 11) is -2.19. The Balaban J connectivity index is 2.08. The van der Waals surface area contributed by atoms with Gasteiger partial charge in [-0.2, -0.15) is 4.31 Å². The maximum atomic E-state index is 12.3. The number of carbonyl (C=O) groups excluding carboxylic acids is 1. The van der Waals surface area contributed by atoms with Crippen molar-refractivity contribution in [3.8, 4) is 0 Å². The first-order valence-corrected chi connectivity index (χ1v) is 8.34. The summed E-state index contributed by atoms with van der Waals surface area (Å²) in [6.45, 7) is 0.628. The maximum absolute atomic E-state index is 12.3. The van der Waals surface area contributed by atoms with Gasteiger partial charge < -0.3 is 4.74 Å². The number of benzene rings is 1. The monoisotopic (exact) mass is 309 g/mol. The van der Waals surface area contributed by atoms with Gasteiger partial charge >= 0.3 is 5.97 Å². The number of hydrogen-bond donors (Lipinski definition) is 0. The lowest BCUT2D eigenvalue weighted by Gasteiger charge is -2.29. The van der Waals surface area contributed by atoms with Crippen LogP contribution in [0.1, 0.15) is 18.4 Å². The minimum atomic E-state index is -3.51. The third-order valence-corrected chi connectivity index (χ3v) is 5.04. The predicted octanol–water partition coefficient (Wildman–Crippen LogP) is 1.87. The van der Waals surface area contributed by atoms with Crippen molar-refractivity contribution in [3.05, 3.63) is 41.3 Å². The Kier molecular flexibility index (Phi) is 5.14. The lowest BCUT2D eigenvalue weighted by molar-refractivity contribution is -0.146. The molecule has 0 saturated carbocycles. The smallest absolute Gasteiger partial charge is 0.309 e. The molecule has 1 saturated heterocycles. The minimum absolute atomic E-state index is 0.189. The van der Waals surface area contributed by atoms with E-state index < -0.39 is 10.0 Å². The average molecular weight is 309 g/mol. The SMILES string of the molecule is COC(=O)[C@H]1CCCN(S(=O)(=O)/C=C/c2ccccc2)C1. The van der Waals surface area contributed by atoms with Crippen LogP contribution in [0.5, 0.6) is 0 Å². The molecule has 0 radical (unpaired) electrons. The fourth-order valence-corrected chi connectivity index (χ4v) is 3.62. The quantitative estimate of drug-likeness (QED) is 0.797. The molecule has 1 aliphatic heterocycles. The van der Waals surface area contributed by atoms with E-state index >= 15 is 0 Å². The maximum Gasteiger partial charge on any atom is 0.309 e. The normalized spacial score (nSPS) is 20.5. The molecule has 0 spiro atoms. The summed E-state index contributed by atoms with van der Waals surface area (Å²) >= 11 is 0. The number of hydrogen-bond acceptors (Lipinski definition) is 4. The second-order valence-corrected chi connectivity index (χ2v) is 6.80. The average Bonchev–Trinajstić information content (AvgIpc) is 2.53. The van der Waals surface area contributed by atoms with Crippen molar-refractivity contribution in [2.75, 3.05) is 20.2 Å². The van der Waals surface area contributed by atoms with E-state index in [9.17, 15) is 13.2 Å². The van der Waals surface area contributed by atoms with Gasteiger partial charge in [-0.15, -0.1) is 0 Å². The predicted molar refractivity (Wildman–Crippen MR) is 80.7 cm³/mol. The summed E-state index contributed by atoms with van der Waals surface area (Å²) in [6.07, 6.45) is 2.90. The summed E-state index contributed by atoms with van der Waals surface area (Å²) in [5.41, 5.74) is 0.822. The van der Waals surface area contributed by atoms with Crippen LogP contribution in [-0.2, 0) is 19.6 Å². The molecule has 21 heavy (non-hydrogen) atoms. The van der Waals surface area contributed by atoms with E-state index in [-0.39, 0.29) is 18.4 Å². The fourth-order valence-electron chi connectivity index (χ4n) is 2.35. The van der Waals surface area contributed by atoms with Crippen LogP contribution < -0.4 is 0 Å². The molecular weight excluding hydrogens is 290 g/mol. The van der Waals surface area contributed by atoms with Gasteiger partial charge in [-0.1, -0.05) is 30.3 Å². The van der Waals surface area contributed by atoms with Gasteiger partial charge in [0, 0.05) is 18.5 Å². The van der Waals surface area contributed by atoms with E-state index in [1.165, 1.54) is 16.8 Å². The number of sulfonamides is 1. The molecule has 1 aliphatic rings. The molecule has 0 N–H and O–H groups in total. The molecule has 1 aromatic carbocycles. The summed E-state index contributed by atoms with van der Waals surface area (Å²) in [6, 6.07) is 9.23. The van der Waals surface area contributed by atoms with Crippen LogP contribution in [-0.4, -0.2) is 38.9 Å². The van der Waals surface area contributed by atoms with E-state index in [0.29, 0.717) is 19.4 Å². The van der Waals surface area contributed by atoms with E-state index in [2.05, 4.69) is 0 Å². The summed E-state index contributed by atoms with van der Waals surface area (Å²) in [4.78, 5) is 11.6. The highest BCUT2D eigenvalue weighted by Gasteiger charge is 2.31. The van der Waals surface area contributed by atoms with E-state index in [1.54, 1.807) is 6.08 Å². The molecule has 0 aliphatic carbocycles. The van der Waals surface area contributed by atoms with Crippen LogP contribution in [0.15, 0.2) is 35.7 Å². The van der Waals surface area contributed by atoms with E-state index in [4.69, 9.17) is 4.74 Å². The van der Waals surface area contributed by atoms with Crippen LogP contribution in [0, 0.1) is 5.92 Å². The van der Waals surface area contributed by atoms with Crippen molar-refractivity contribution in [1.29, 1.82) is 0 Å². The van der Waals surface area contributed by atoms with Gasteiger partial charge in [0.2, 0.25) is 10.0 Å². The van der Waals surface area contributed by atoms with Crippen molar-refractivity contribution in [3.63, 3.8) is 0 Å². The molecule has 1 atom stereocenters. The highest BCUT2D eigenvalue weighted by molar-refractivity contribution is 7.92. The van der Waals surface area contributed by atoms with Gasteiger partial charge in [0.1, 0.15) is 0 Å². The zero-order valence-corrected chi connectivity index (χ0v) is 12.8. The topological polar surface area (TPSA) is 63.7 Å². The van der Waals surface area contributed by atoms with Crippen molar-refractivity contribution in [2.24, 2.45) is 5.92 Å².